The summed E-state index contributed by atoms with van der Waals surface area (Å²) in [7, 11) is 1.88. The van der Waals surface area contributed by atoms with E-state index < -0.39 is 0 Å². The Hall–Kier alpha value is -1.10. The number of aliphatic hydroxyl groups excluding tert-OH is 1. The maximum Gasteiger partial charge on any atom is 0.220 e. The summed E-state index contributed by atoms with van der Waals surface area (Å²) in [5, 5.41) is 15.6. The number of amides is 1. The molecule has 1 amide bonds. The zero-order chi connectivity index (χ0) is 14.8. The van der Waals surface area contributed by atoms with Crippen LogP contribution in [0.15, 0.2) is 30.3 Å². The highest BCUT2D eigenvalue weighted by molar-refractivity contribution is 5.85. The number of rotatable bonds is 9. The van der Waals surface area contributed by atoms with E-state index in [-0.39, 0.29) is 30.3 Å². The van der Waals surface area contributed by atoms with Gasteiger partial charge >= 0.3 is 0 Å². The molecule has 1 aromatic rings. The predicted octanol–water partition coefficient (Wildman–Crippen LogP) is 2.08. The lowest BCUT2D eigenvalue weighted by molar-refractivity contribution is -0.121. The van der Waals surface area contributed by atoms with Crippen molar-refractivity contribution in [2.75, 3.05) is 20.1 Å². The van der Waals surface area contributed by atoms with Crippen LogP contribution >= 0.6 is 12.4 Å². The molecule has 0 aliphatic carbocycles. The van der Waals surface area contributed by atoms with Crippen LogP contribution < -0.4 is 10.6 Å². The number of halogens is 1. The molecule has 0 radical (unpaired) electrons. The van der Waals surface area contributed by atoms with Crippen LogP contribution in [0.4, 0.5) is 0 Å². The Balaban J connectivity index is 0.00000400. The van der Waals surface area contributed by atoms with Crippen molar-refractivity contribution in [1.82, 2.24) is 10.6 Å². The predicted molar refractivity (Wildman–Crippen MR) is 88.9 cm³/mol. The number of nitrogens with one attached hydrogen (secondary N) is 2. The third-order valence-corrected chi connectivity index (χ3v) is 3.27. The highest BCUT2D eigenvalue weighted by Crippen LogP contribution is 2.20. The molecular formula is C16H27ClN2O2. The first-order valence-corrected chi connectivity index (χ1v) is 7.27. The summed E-state index contributed by atoms with van der Waals surface area (Å²) in [5.74, 6) is 0.233. The Morgan fingerprint density at radius 2 is 1.95 bits per heavy atom. The van der Waals surface area contributed by atoms with E-state index in [0.29, 0.717) is 19.4 Å². The molecule has 0 spiro atoms. The quantitative estimate of drug-likeness (QED) is 0.612. The number of carbonyl (C=O) groups excluding carboxylic acids is 1. The minimum absolute atomic E-state index is 0. The third kappa shape index (κ3) is 8.71. The summed E-state index contributed by atoms with van der Waals surface area (Å²) >= 11 is 0. The summed E-state index contributed by atoms with van der Waals surface area (Å²) in [6, 6.07) is 10.0. The summed E-state index contributed by atoms with van der Waals surface area (Å²) in [6.45, 7) is 3.21. The van der Waals surface area contributed by atoms with Gasteiger partial charge < -0.3 is 15.7 Å². The summed E-state index contributed by atoms with van der Waals surface area (Å²) in [5.41, 5.74) is 1.16. The molecule has 0 saturated heterocycles. The summed E-state index contributed by atoms with van der Waals surface area (Å²) in [6.07, 6.45) is 1.66. The molecule has 0 aromatic heterocycles. The molecule has 1 aromatic carbocycles. The molecule has 5 heteroatoms. The van der Waals surface area contributed by atoms with Crippen molar-refractivity contribution in [3.63, 3.8) is 0 Å². The molecule has 0 saturated carbocycles. The van der Waals surface area contributed by atoms with Gasteiger partial charge in [0.05, 0.1) is 6.10 Å². The lowest BCUT2D eigenvalue weighted by Gasteiger charge is -2.19. The van der Waals surface area contributed by atoms with Gasteiger partial charge in [0, 0.05) is 18.9 Å². The van der Waals surface area contributed by atoms with Crippen LogP contribution in [0.3, 0.4) is 0 Å². The maximum absolute atomic E-state index is 11.7. The highest BCUT2D eigenvalue weighted by atomic mass is 35.5. The fraction of sp³-hybridized carbons (Fsp3) is 0.562. The van der Waals surface area contributed by atoms with Crippen molar-refractivity contribution in [3.8, 4) is 0 Å². The van der Waals surface area contributed by atoms with Crippen molar-refractivity contribution in [2.24, 2.45) is 0 Å². The van der Waals surface area contributed by atoms with Crippen molar-refractivity contribution >= 4 is 18.3 Å². The van der Waals surface area contributed by atoms with E-state index in [4.69, 9.17) is 0 Å². The molecule has 0 aliphatic heterocycles. The Labute approximate surface area is 133 Å². The van der Waals surface area contributed by atoms with Gasteiger partial charge in [-0.3, -0.25) is 4.79 Å². The lowest BCUT2D eigenvalue weighted by atomic mass is 9.93. The van der Waals surface area contributed by atoms with Crippen LogP contribution in [0.2, 0.25) is 0 Å². The second kappa shape index (κ2) is 11.5. The second-order valence-electron chi connectivity index (χ2n) is 5.20. The van der Waals surface area contributed by atoms with Gasteiger partial charge in [-0.05, 0) is 38.9 Å². The smallest absolute Gasteiger partial charge is 0.220 e. The number of benzene rings is 1. The zero-order valence-corrected chi connectivity index (χ0v) is 13.7. The SMILES string of the molecule is CNCCCC(=O)NCC(CC(C)O)c1ccccc1.Cl. The van der Waals surface area contributed by atoms with Gasteiger partial charge in [0.15, 0.2) is 0 Å². The van der Waals surface area contributed by atoms with Gasteiger partial charge in [-0.25, -0.2) is 0 Å². The molecule has 4 nitrogen and oxygen atoms in total. The Bertz CT molecular complexity index is 385. The monoisotopic (exact) mass is 314 g/mol. The number of aliphatic hydroxyl groups is 1. The topological polar surface area (TPSA) is 61.4 Å². The lowest BCUT2D eigenvalue weighted by Crippen LogP contribution is -2.30. The molecule has 1 rings (SSSR count). The molecule has 2 unspecified atom stereocenters. The van der Waals surface area contributed by atoms with Gasteiger partial charge in [0.1, 0.15) is 0 Å². The summed E-state index contributed by atoms with van der Waals surface area (Å²) < 4.78 is 0. The van der Waals surface area contributed by atoms with Gasteiger partial charge in [0.2, 0.25) is 5.91 Å². The van der Waals surface area contributed by atoms with Crippen LogP contribution in [-0.4, -0.2) is 37.3 Å². The zero-order valence-electron chi connectivity index (χ0n) is 12.8. The normalized spacial score (nSPS) is 13.1. The third-order valence-electron chi connectivity index (χ3n) is 3.27. The van der Waals surface area contributed by atoms with Gasteiger partial charge in [-0.1, -0.05) is 30.3 Å². The van der Waals surface area contributed by atoms with Crippen molar-refractivity contribution in [2.45, 2.75) is 38.2 Å². The van der Waals surface area contributed by atoms with Crippen LogP contribution in [0.25, 0.3) is 0 Å². The Morgan fingerprint density at radius 1 is 1.29 bits per heavy atom. The van der Waals surface area contributed by atoms with Crippen LogP contribution in [0.1, 0.15) is 37.7 Å². The van der Waals surface area contributed by atoms with Crippen LogP contribution in [-0.2, 0) is 4.79 Å². The first-order chi connectivity index (χ1) is 9.63. The minimum Gasteiger partial charge on any atom is -0.393 e. The van der Waals surface area contributed by atoms with Crippen molar-refractivity contribution in [3.05, 3.63) is 35.9 Å². The van der Waals surface area contributed by atoms with E-state index in [2.05, 4.69) is 10.6 Å². The number of hydrogen-bond acceptors (Lipinski definition) is 3. The Kier molecular flexibility index (Phi) is 10.9. The molecule has 3 N–H and O–H groups in total. The highest BCUT2D eigenvalue weighted by Gasteiger charge is 2.15. The molecule has 0 heterocycles. The largest absolute Gasteiger partial charge is 0.393 e. The van der Waals surface area contributed by atoms with E-state index in [1.807, 2.05) is 37.4 Å². The van der Waals surface area contributed by atoms with E-state index in [9.17, 15) is 9.90 Å². The average molecular weight is 315 g/mol. The van der Waals surface area contributed by atoms with Gasteiger partial charge in [-0.2, -0.15) is 0 Å². The first-order valence-electron chi connectivity index (χ1n) is 7.27. The van der Waals surface area contributed by atoms with Gasteiger partial charge in [-0.15, -0.1) is 12.4 Å². The van der Waals surface area contributed by atoms with Crippen LogP contribution in [0.5, 0.6) is 0 Å². The molecule has 0 bridgehead atoms. The average Bonchev–Trinajstić information content (AvgIpc) is 2.44. The van der Waals surface area contributed by atoms with Crippen LogP contribution in [0, 0.1) is 0 Å². The number of carbonyl (C=O) groups is 1. The Morgan fingerprint density at radius 3 is 2.52 bits per heavy atom. The minimum atomic E-state index is -0.374. The maximum atomic E-state index is 11.7. The van der Waals surface area contributed by atoms with Crippen molar-refractivity contribution < 1.29 is 9.90 Å². The van der Waals surface area contributed by atoms with E-state index in [1.54, 1.807) is 6.92 Å². The number of hydrogen-bond donors (Lipinski definition) is 3. The molecule has 0 aliphatic rings. The molecule has 0 fully saturated rings. The van der Waals surface area contributed by atoms with E-state index in [1.165, 1.54) is 0 Å². The van der Waals surface area contributed by atoms with Crippen molar-refractivity contribution in [1.29, 1.82) is 0 Å². The van der Waals surface area contributed by atoms with E-state index >= 15 is 0 Å². The van der Waals surface area contributed by atoms with E-state index in [0.717, 1.165) is 18.5 Å². The molecular weight excluding hydrogens is 288 g/mol. The molecule has 120 valence electrons. The molecule has 2 atom stereocenters. The standard InChI is InChI=1S/C16H26N2O2.ClH/c1-13(19)11-15(14-7-4-3-5-8-14)12-18-16(20)9-6-10-17-2;/h3-5,7-8,13,15,17,19H,6,9-12H2,1-2H3,(H,18,20);1H. The fourth-order valence-corrected chi connectivity index (χ4v) is 2.23. The fourth-order valence-electron chi connectivity index (χ4n) is 2.23. The molecule has 21 heavy (non-hydrogen) atoms. The first kappa shape index (κ1) is 19.9. The van der Waals surface area contributed by atoms with Gasteiger partial charge in [0.25, 0.3) is 0 Å². The summed E-state index contributed by atoms with van der Waals surface area (Å²) in [4.78, 5) is 11.7. The second-order valence-corrected chi connectivity index (χ2v) is 5.20.